The number of aromatic nitrogens is 2. The van der Waals surface area contributed by atoms with Crippen molar-refractivity contribution >= 4 is 34.5 Å². The van der Waals surface area contributed by atoms with E-state index in [4.69, 9.17) is 20.8 Å². The van der Waals surface area contributed by atoms with Gasteiger partial charge in [-0.05, 0) is 32.9 Å². The Balaban J connectivity index is 2.03. The summed E-state index contributed by atoms with van der Waals surface area (Å²) in [4.78, 5) is 40.2. The van der Waals surface area contributed by atoms with Crippen molar-refractivity contribution in [3.63, 3.8) is 0 Å². The number of halogens is 1. The molecule has 0 fully saturated rings. The fourth-order valence-electron chi connectivity index (χ4n) is 3.00. The molecule has 0 amide bonds. The molecule has 2 heterocycles. The van der Waals surface area contributed by atoms with Crippen molar-refractivity contribution in [1.82, 2.24) is 9.55 Å². The van der Waals surface area contributed by atoms with Gasteiger partial charge in [0.25, 0.3) is 0 Å². The first-order chi connectivity index (χ1) is 12.3. The molecule has 0 aliphatic carbocycles. The monoisotopic (exact) mass is 376 g/mol. The molecule has 0 aliphatic heterocycles. The highest BCUT2D eigenvalue weighted by Crippen LogP contribution is 2.22. The summed E-state index contributed by atoms with van der Waals surface area (Å²) < 4.78 is 11.4. The van der Waals surface area contributed by atoms with Crippen molar-refractivity contribution in [3.8, 4) is 0 Å². The minimum absolute atomic E-state index is 0.193. The Labute approximate surface area is 153 Å². The van der Waals surface area contributed by atoms with Crippen LogP contribution in [0, 0.1) is 13.8 Å². The van der Waals surface area contributed by atoms with E-state index in [2.05, 4.69) is 4.98 Å². The van der Waals surface area contributed by atoms with Gasteiger partial charge in [0.05, 0.1) is 29.8 Å². The molecule has 0 unspecified atom stereocenters. The van der Waals surface area contributed by atoms with E-state index in [1.54, 1.807) is 32.9 Å². The van der Waals surface area contributed by atoms with Crippen molar-refractivity contribution in [2.45, 2.75) is 27.3 Å². The topological polar surface area (TPSA) is 94.3 Å². The summed E-state index contributed by atoms with van der Waals surface area (Å²) in [5.74, 6) is -1.64. The standard InChI is InChI=1S/C18H17ClN2O5/c1-4-25-17(23)16-10(3)20-9(2)15(16)13(22)8-21-12-6-5-11(19)7-14(12)26-18(21)24/h5-7,20H,4,8H2,1-3H3. The minimum atomic E-state index is -0.668. The second-order valence-electron chi connectivity index (χ2n) is 5.83. The maximum atomic E-state index is 12.9. The molecule has 0 aliphatic rings. The van der Waals surface area contributed by atoms with Crippen molar-refractivity contribution in [1.29, 1.82) is 0 Å². The van der Waals surface area contributed by atoms with Gasteiger partial charge in [0, 0.05) is 22.5 Å². The second-order valence-corrected chi connectivity index (χ2v) is 6.27. The van der Waals surface area contributed by atoms with E-state index in [1.165, 1.54) is 10.6 Å². The number of aromatic amines is 1. The van der Waals surface area contributed by atoms with E-state index in [9.17, 15) is 14.4 Å². The van der Waals surface area contributed by atoms with E-state index in [-0.39, 0.29) is 24.3 Å². The van der Waals surface area contributed by atoms with Crippen molar-refractivity contribution in [2.24, 2.45) is 0 Å². The molecule has 2 aromatic heterocycles. The summed E-state index contributed by atoms with van der Waals surface area (Å²) >= 11 is 5.90. The quantitative estimate of drug-likeness (QED) is 0.544. The van der Waals surface area contributed by atoms with E-state index in [1.807, 2.05) is 0 Å². The number of nitrogens with one attached hydrogen (secondary N) is 1. The molecule has 0 bridgehead atoms. The van der Waals surface area contributed by atoms with Gasteiger partial charge in [0.15, 0.2) is 11.4 Å². The SMILES string of the molecule is CCOC(=O)c1c(C)[nH]c(C)c1C(=O)Cn1c(=O)oc2cc(Cl)ccc21. The van der Waals surface area contributed by atoms with Gasteiger partial charge in [0.1, 0.15) is 0 Å². The van der Waals surface area contributed by atoms with E-state index in [0.29, 0.717) is 27.5 Å². The molecule has 1 N–H and O–H groups in total. The summed E-state index contributed by atoms with van der Waals surface area (Å²) in [6, 6.07) is 4.72. The number of ether oxygens (including phenoxy) is 1. The molecule has 0 atom stereocenters. The largest absolute Gasteiger partial charge is 0.462 e. The first kappa shape index (κ1) is 18.0. The predicted octanol–water partition coefficient (Wildman–Crippen LogP) is 3.25. The predicted molar refractivity (Wildman–Crippen MR) is 96.0 cm³/mol. The first-order valence-electron chi connectivity index (χ1n) is 8.01. The zero-order chi connectivity index (χ0) is 19.0. The van der Waals surface area contributed by atoms with Crippen LogP contribution >= 0.6 is 11.6 Å². The van der Waals surface area contributed by atoms with E-state index >= 15 is 0 Å². The number of carbonyl (C=O) groups is 2. The van der Waals surface area contributed by atoms with Crippen LogP contribution in [0.25, 0.3) is 11.1 Å². The van der Waals surface area contributed by atoms with Crippen LogP contribution in [-0.2, 0) is 11.3 Å². The smallest absolute Gasteiger partial charge is 0.420 e. The summed E-state index contributed by atoms with van der Waals surface area (Å²) in [6.45, 7) is 5.01. The van der Waals surface area contributed by atoms with Crippen LogP contribution in [0.4, 0.5) is 0 Å². The molecule has 7 nitrogen and oxygen atoms in total. The Hall–Kier alpha value is -2.80. The molecule has 1 aromatic carbocycles. The molecule has 0 radical (unpaired) electrons. The molecule has 136 valence electrons. The van der Waals surface area contributed by atoms with Crippen molar-refractivity contribution in [3.05, 3.63) is 56.3 Å². The maximum absolute atomic E-state index is 12.9. The van der Waals surface area contributed by atoms with Crippen LogP contribution < -0.4 is 5.76 Å². The number of benzene rings is 1. The zero-order valence-electron chi connectivity index (χ0n) is 14.5. The van der Waals surface area contributed by atoms with Crippen molar-refractivity contribution < 1.29 is 18.7 Å². The van der Waals surface area contributed by atoms with Gasteiger partial charge in [0.2, 0.25) is 0 Å². The Morgan fingerprint density at radius 1 is 1.23 bits per heavy atom. The Morgan fingerprint density at radius 2 is 1.92 bits per heavy atom. The number of aryl methyl sites for hydroxylation is 2. The van der Waals surface area contributed by atoms with Crippen LogP contribution in [-0.4, -0.2) is 27.9 Å². The lowest BCUT2D eigenvalue weighted by atomic mass is 10.0. The number of oxazole rings is 1. The first-order valence-corrected chi connectivity index (χ1v) is 8.39. The Bertz CT molecular complexity index is 1070. The van der Waals surface area contributed by atoms with Crippen molar-refractivity contribution in [2.75, 3.05) is 6.61 Å². The highest BCUT2D eigenvalue weighted by Gasteiger charge is 2.26. The van der Waals surface area contributed by atoms with Crippen LogP contribution in [0.2, 0.25) is 5.02 Å². The number of rotatable bonds is 5. The highest BCUT2D eigenvalue weighted by molar-refractivity contribution is 6.31. The lowest BCUT2D eigenvalue weighted by Crippen LogP contribution is -2.22. The third-order valence-corrected chi connectivity index (χ3v) is 4.30. The van der Waals surface area contributed by atoms with Gasteiger partial charge < -0.3 is 14.1 Å². The van der Waals surface area contributed by atoms with Crippen LogP contribution in [0.5, 0.6) is 0 Å². The molecule has 3 aromatic rings. The zero-order valence-corrected chi connectivity index (χ0v) is 15.3. The Morgan fingerprint density at radius 3 is 2.62 bits per heavy atom. The second kappa shape index (κ2) is 6.84. The number of esters is 1. The van der Waals surface area contributed by atoms with Crippen LogP contribution in [0.1, 0.15) is 39.0 Å². The molecule has 3 rings (SSSR count). The summed E-state index contributed by atoms with van der Waals surface area (Å²) in [7, 11) is 0. The molecular formula is C18H17ClN2O5. The van der Waals surface area contributed by atoms with E-state index in [0.717, 1.165) is 0 Å². The van der Waals surface area contributed by atoms with Gasteiger partial charge in [-0.1, -0.05) is 11.6 Å². The number of nitrogens with zero attached hydrogens (tertiary/aromatic N) is 1. The third-order valence-electron chi connectivity index (χ3n) is 4.07. The number of H-pyrrole nitrogens is 1. The van der Waals surface area contributed by atoms with Gasteiger partial charge in [-0.2, -0.15) is 0 Å². The van der Waals surface area contributed by atoms with Crippen LogP contribution in [0.3, 0.4) is 0 Å². The molecule has 0 saturated carbocycles. The van der Waals surface area contributed by atoms with Gasteiger partial charge in [-0.25, -0.2) is 9.59 Å². The number of fused-ring (bicyclic) bond motifs is 1. The summed E-state index contributed by atoms with van der Waals surface area (Å²) in [5, 5.41) is 0.423. The van der Waals surface area contributed by atoms with Gasteiger partial charge in [-0.3, -0.25) is 9.36 Å². The third kappa shape index (κ3) is 3.06. The minimum Gasteiger partial charge on any atom is -0.462 e. The average Bonchev–Trinajstić information content (AvgIpc) is 3.03. The Kier molecular flexibility index (Phi) is 4.73. The maximum Gasteiger partial charge on any atom is 0.420 e. The highest BCUT2D eigenvalue weighted by atomic mass is 35.5. The average molecular weight is 377 g/mol. The fraction of sp³-hybridized carbons (Fsp3) is 0.278. The summed E-state index contributed by atoms with van der Waals surface area (Å²) in [6.07, 6.45) is 0. The molecule has 26 heavy (non-hydrogen) atoms. The lowest BCUT2D eigenvalue weighted by molar-refractivity contribution is 0.0522. The number of Topliss-reactive ketones (excluding diaryl/α,β-unsaturated/α-hetero) is 1. The van der Waals surface area contributed by atoms with Gasteiger partial charge >= 0.3 is 11.7 Å². The molecule has 0 saturated heterocycles. The number of hydrogen-bond donors (Lipinski definition) is 1. The van der Waals surface area contributed by atoms with Crippen LogP contribution in [0.15, 0.2) is 27.4 Å². The summed E-state index contributed by atoms with van der Waals surface area (Å²) in [5.41, 5.74) is 2.24. The van der Waals surface area contributed by atoms with E-state index < -0.39 is 17.5 Å². The molecular weight excluding hydrogens is 360 g/mol. The number of hydrogen-bond acceptors (Lipinski definition) is 5. The lowest BCUT2D eigenvalue weighted by Gasteiger charge is -2.06. The molecule has 8 heteroatoms. The fourth-order valence-corrected chi connectivity index (χ4v) is 3.16. The van der Waals surface area contributed by atoms with Gasteiger partial charge in [-0.15, -0.1) is 0 Å². The number of carbonyl (C=O) groups excluding carboxylic acids is 2. The molecule has 0 spiro atoms. The number of ketones is 1. The normalized spacial score (nSPS) is 11.1.